The Morgan fingerprint density at radius 3 is 2.32 bits per heavy atom. The Morgan fingerprint density at radius 1 is 1.10 bits per heavy atom. The molecule has 162 valence electrons. The Labute approximate surface area is 180 Å². The number of benzene rings is 2. The maximum Gasteiger partial charge on any atom is 0.419 e. The van der Waals surface area contributed by atoms with Crippen LogP contribution in [0.5, 0.6) is 0 Å². The highest BCUT2D eigenvalue weighted by Gasteiger charge is 2.53. The summed E-state index contributed by atoms with van der Waals surface area (Å²) in [5.41, 5.74) is -4.04. The van der Waals surface area contributed by atoms with Gasteiger partial charge in [0, 0.05) is 17.2 Å². The van der Waals surface area contributed by atoms with Gasteiger partial charge >= 0.3 is 12.2 Å². The van der Waals surface area contributed by atoms with Crippen LogP contribution in [0, 0.1) is 17.1 Å². The first-order valence-corrected chi connectivity index (χ1v) is 10.1. The predicted molar refractivity (Wildman–Crippen MR) is 107 cm³/mol. The average molecular weight is 451 g/mol. The fourth-order valence-corrected chi connectivity index (χ4v) is 4.16. The van der Waals surface area contributed by atoms with Gasteiger partial charge in [0.25, 0.3) is 5.91 Å². The number of carbonyl (C=O) groups excluding carboxylic acids is 2. The number of halogens is 4. The van der Waals surface area contributed by atoms with E-state index in [2.05, 4.69) is 0 Å². The van der Waals surface area contributed by atoms with Crippen molar-refractivity contribution in [1.82, 2.24) is 4.90 Å². The molecule has 2 aromatic carbocycles. The largest absolute Gasteiger partial charge is 0.419 e. The summed E-state index contributed by atoms with van der Waals surface area (Å²) in [4.78, 5) is 28.4. The molecule has 2 aromatic rings. The summed E-state index contributed by atoms with van der Waals surface area (Å²) in [5, 5.41) is 9.10. The topological polar surface area (TPSA) is 64.4 Å². The lowest BCUT2D eigenvalue weighted by molar-refractivity contribution is -0.137. The van der Waals surface area contributed by atoms with E-state index in [1.807, 2.05) is 0 Å². The van der Waals surface area contributed by atoms with Gasteiger partial charge < -0.3 is 4.90 Å². The van der Waals surface area contributed by atoms with Gasteiger partial charge in [0.05, 0.1) is 22.9 Å². The highest BCUT2D eigenvalue weighted by atomic mass is 32.2. The van der Waals surface area contributed by atoms with Gasteiger partial charge in [-0.15, -0.1) is 11.8 Å². The van der Waals surface area contributed by atoms with Crippen LogP contribution in [-0.4, -0.2) is 34.7 Å². The number of alkyl halides is 3. The SMILES string of the molecule is CC1(C)C(=O)N(c2cccc(C#N)c2C(F)(F)F)C(=O)N1CCSc1ccc(F)cc1. The molecule has 3 amide bonds. The van der Waals surface area contributed by atoms with Crippen LogP contribution in [0.4, 0.5) is 28.0 Å². The number of anilines is 1. The van der Waals surface area contributed by atoms with Crippen LogP contribution in [0.15, 0.2) is 47.4 Å². The van der Waals surface area contributed by atoms with Crippen LogP contribution in [0.3, 0.4) is 0 Å². The summed E-state index contributed by atoms with van der Waals surface area (Å²) in [7, 11) is 0. The summed E-state index contributed by atoms with van der Waals surface area (Å²) >= 11 is 1.32. The smallest absolute Gasteiger partial charge is 0.309 e. The van der Waals surface area contributed by atoms with Gasteiger partial charge in [-0.3, -0.25) is 4.79 Å². The number of amides is 3. The number of thioether (sulfide) groups is 1. The van der Waals surface area contributed by atoms with E-state index in [1.54, 1.807) is 12.1 Å². The lowest BCUT2D eigenvalue weighted by Gasteiger charge is -2.27. The molecule has 0 radical (unpaired) electrons. The first-order valence-electron chi connectivity index (χ1n) is 9.13. The van der Waals surface area contributed by atoms with E-state index in [1.165, 1.54) is 54.8 Å². The third kappa shape index (κ3) is 4.23. The molecular weight excluding hydrogens is 434 g/mol. The van der Waals surface area contributed by atoms with Crippen molar-refractivity contribution in [1.29, 1.82) is 5.26 Å². The molecule has 1 aliphatic heterocycles. The van der Waals surface area contributed by atoms with E-state index >= 15 is 0 Å². The zero-order valence-corrected chi connectivity index (χ0v) is 17.4. The summed E-state index contributed by atoms with van der Waals surface area (Å²) in [6.07, 6.45) is -4.93. The monoisotopic (exact) mass is 451 g/mol. The van der Waals surface area contributed by atoms with E-state index in [0.717, 1.165) is 17.0 Å². The van der Waals surface area contributed by atoms with Crippen molar-refractivity contribution >= 4 is 29.4 Å². The van der Waals surface area contributed by atoms with Crippen LogP contribution in [-0.2, 0) is 11.0 Å². The molecule has 3 rings (SSSR count). The van der Waals surface area contributed by atoms with Gasteiger partial charge in [-0.2, -0.15) is 18.4 Å². The van der Waals surface area contributed by atoms with Crippen molar-refractivity contribution in [2.24, 2.45) is 0 Å². The van der Waals surface area contributed by atoms with Gasteiger partial charge in [-0.05, 0) is 50.2 Å². The maximum atomic E-state index is 13.7. The molecular formula is C21H17F4N3O2S. The number of hydrogen-bond donors (Lipinski definition) is 0. The fraction of sp³-hybridized carbons (Fsp3) is 0.286. The Balaban J connectivity index is 1.90. The van der Waals surface area contributed by atoms with E-state index in [4.69, 9.17) is 5.26 Å². The second-order valence-electron chi connectivity index (χ2n) is 7.25. The van der Waals surface area contributed by atoms with Crippen molar-refractivity contribution in [2.75, 3.05) is 17.2 Å². The first kappa shape index (κ1) is 22.6. The minimum Gasteiger partial charge on any atom is -0.309 e. The van der Waals surface area contributed by atoms with Crippen molar-refractivity contribution in [3.05, 3.63) is 59.4 Å². The Kier molecular flexibility index (Phi) is 6.00. The number of urea groups is 1. The van der Waals surface area contributed by atoms with Gasteiger partial charge in [0.2, 0.25) is 0 Å². The van der Waals surface area contributed by atoms with Gasteiger partial charge in [-0.25, -0.2) is 14.1 Å². The lowest BCUT2D eigenvalue weighted by Crippen LogP contribution is -2.45. The van der Waals surface area contributed by atoms with Crippen LogP contribution in [0.2, 0.25) is 0 Å². The summed E-state index contributed by atoms with van der Waals surface area (Å²) in [6, 6.07) is 9.48. The second kappa shape index (κ2) is 8.23. The van der Waals surface area contributed by atoms with Crippen molar-refractivity contribution < 1.29 is 27.2 Å². The van der Waals surface area contributed by atoms with Gasteiger partial charge in [0.15, 0.2) is 0 Å². The van der Waals surface area contributed by atoms with E-state index in [-0.39, 0.29) is 12.4 Å². The number of rotatable bonds is 5. The maximum absolute atomic E-state index is 13.7. The van der Waals surface area contributed by atoms with E-state index in [0.29, 0.717) is 10.7 Å². The predicted octanol–water partition coefficient (Wildman–Crippen LogP) is 5.06. The highest BCUT2D eigenvalue weighted by molar-refractivity contribution is 7.99. The Bertz CT molecular complexity index is 1060. The normalized spacial score (nSPS) is 16.0. The van der Waals surface area contributed by atoms with Gasteiger partial charge in [-0.1, -0.05) is 6.07 Å². The summed E-state index contributed by atoms with van der Waals surface area (Å²) in [5.74, 6) is -0.863. The Hall–Kier alpha value is -3.06. The average Bonchev–Trinajstić information content (AvgIpc) is 2.87. The standard InChI is InChI=1S/C21H17F4N3O2S/c1-20(2)18(29)28(16-5-3-4-13(12-26)17(16)21(23,24)25)19(30)27(20)10-11-31-15-8-6-14(22)7-9-15/h3-9H,10-11H2,1-2H3. The highest BCUT2D eigenvalue weighted by Crippen LogP contribution is 2.42. The first-order chi connectivity index (χ1) is 14.5. The molecule has 1 heterocycles. The van der Waals surface area contributed by atoms with Gasteiger partial charge in [0.1, 0.15) is 11.4 Å². The molecule has 0 N–H and O–H groups in total. The zero-order valence-electron chi connectivity index (χ0n) is 16.5. The molecule has 5 nitrogen and oxygen atoms in total. The van der Waals surface area contributed by atoms with Crippen LogP contribution < -0.4 is 4.90 Å². The van der Waals surface area contributed by atoms with Crippen LogP contribution >= 0.6 is 11.8 Å². The van der Waals surface area contributed by atoms with E-state index < -0.39 is 40.5 Å². The molecule has 10 heteroatoms. The second-order valence-corrected chi connectivity index (χ2v) is 8.41. The lowest BCUT2D eigenvalue weighted by atomic mass is 10.0. The molecule has 0 aromatic heterocycles. The fourth-order valence-electron chi connectivity index (χ4n) is 3.33. The zero-order chi connectivity index (χ0) is 23.0. The number of hydrogen-bond acceptors (Lipinski definition) is 4. The minimum absolute atomic E-state index is 0.0788. The van der Waals surface area contributed by atoms with Crippen LogP contribution in [0.1, 0.15) is 25.0 Å². The molecule has 0 bridgehead atoms. The number of imide groups is 1. The van der Waals surface area contributed by atoms with Crippen molar-refractivity contribution in [2.45, 2.75) is 30.5 Å². The van der Waals surface area contributed by atoms with Crippen molar-refractivity contribution in [3.63, 3.8) is 0 Å². The number of nitrogens with zero attached hydrogens (tertiary/aromatic N) is 3. The van der Waals surface area contributed by atoms with Crippen molar-refractivity contribution in [3.8, 4) is 6.07 Å². The molecule has 31 heavy (non-hydrogen) atoms. The quantitative estimate of drug-likeness (QED) is 0.362. The molecule has 0 saturated carbocycles. The molecule has 0 spiro atoms. The summed E-state index contributed by atoms with van der Waals surface area (Å²) < 4.78 is 54.0. The van der Waals surface area contributed by atoms with Crippen LogP contribution in [0.25, 0.3) is 0 Å². The summed E-state index contributed by atoms with van der Waals surface area (Å²) in [6.45, 7) is 2.99. The molecule has 0 atom stereocenters. The number of nitriles is 1. The molecule has 0 unspecified atom stereocenters. The van der Waals surface area contributed by atoms with E-state index in [9.17, 15) is 27.2 Å². The molecule has 1 aliphatic rings. The molecule has 1 fully saturated rings. The molecule has 1 saturated heterocycles. The number of carbonyl (C=O) groups is 2. The minimum atomic E-state index is -4.93. The third-order valence-corrected chi connectivity index (χ3v) is 5.90. The third-order valence-electron chi connectivity index (χ3n) is 4.91. The molecule has 0 aliphatic carbocycles. The Morgan fingerprint density at radius 2 is 1.74 bits per heavy atom.